The number of nitrogens with zero attached hydrogens (tertiary/aromatic N) is 1. The number of rotatable bonds is 8. The molecule has 1 unspecified atom stereocenters. The molecule has 170 valence electrons. The fourth-order valence-corrected chi connectivity index (χ4v) is 3.66. The van der Waals surface area contributed by atoms with Gasteiger partial charge in [0.1, 0.15) is 5.75 Å². The Balaban J connectivity index is 1.90. The highest BCUT2D eigenvalue weighted by molar-refractivity contribution is 8.18. The lowest BCUT2D eigenvalue weighted by molar-refractivity contribution is -0.145. The van der Waals surface area contributed by atoms with Crippen LogP contribution in [-0.2, 0) is 9.59 Å². The van der Waals surface area contributed by atoms with Crippen molar-refractivity contribution in [1.82, 2.24) is 5.32 Å². The molecule has 0 radical (unpaired) electrons. The highest BCUT2D eigenvalue weighted by Gasteiger charge is 2.25. The molecule has 3 rings (SSSR count). The molecule has 0 spiro atoms. The van der Waals surface area contributed by atoms with Crippen molar-refractivity contribution in [2.45, 2.75) is 19.4 Å². The third kappa shape index (κ3) is 5.77. The number of hydrogen-bond donors (Lipinski definition) is 4. The SMILES string of the molecule is CCC(Oc1ccccc1/C=C1\SC(=Nc2cc(C(=O)O)cc(C(=O)O)c2)NC1=O)C(=O)O. The van der Waals surface area contributed by atoms with Gasteiger partial charge < -0.3 is 25.4 Å². The number of amidine groups is 1. The Hall–Kier alpha value is -4.12. The minimum Gasteiger partial charge on any atom is -0.479 e. The third-order valence-corrected chi connectivity index (χ3v) is 5.32. The zero-order valence-electron chi connectivity index (χ0n) is 17.1. The normalized spacial score (nSPS) is 16.5. The van der Waals surface area contributed by atoms with Crippen LogP contribution in [0, 0.1) is 0 Å². The van der Waals surface area contributed by atoms with Crippen molar-refractivity contribution < 1.29 is 39.2 Å². The first-order valence-corrected chi connectivity index (χ1v) is 10.4. The number of carboxylic acids is 3. The molecule has 0 aliphatic carbocycles. The number of nitrogens with one attached hydrogen (secondary N) is 1. The number of para-hydroxylation sites is 1. The van der Waals surface area contributed by atoms with Crippen LogP contribution in [0.5, 0.6) is 5.75 Å². The van der Waals surface area contributed by atoms with Gasteiger partial charge in [0.05, 0.1) is 21.7 Å². The van der Waals surface area contributed by atoms with Crippen molar-refractivity contribution in [2.24, 2.45) is 4.99 Å². The summed E-state index contributed by atoms with van der Waals surface area (Å²) in [6.07, 6.45) is 0.722. The molecule has 1 amide bonds. The number of thioether (sulfide) groups is 1. The Morgan fingerprint density at radius 1 is 1.09 bits per heavy atom. The van der Waals surface area contributed by atoms with Crippen molar-refractivity contribution >= 4 is 52.5 Å². The topological polar surface area (TPSA) is 163 Å². The molecule has 0 saturated carbocycles. The molecule has 1 saturated heterocycles. The molecule has 1 fully saturated rings. The van der Waals surface area contributed by atoms with Gasteiger partial charge in [0, 0.05) is 5.56 Å². The van der Waals surface area contributed by atoms with Gasteiger partial charge in [-0.15, -0.1) is 0 Å². The van der Waals surface area contributed by atoms with E-state index in [9.17, 15) is 34.5 Å². The molecule has 2 aromatic carbocycles. The smallest absolute Gasteiger partial charge is 0.344 e. The summed E-state index contributed by atoms with van der Waals surface area (Å²) in [7, 11) is 0. The number of benzene rings is 2. The van der Waals surface area contributed by atoms with Crippen LogP contribution in [0.1, 0.15) is 39.6 Å². The largest absolute Gasteiger partial charge is 0.479 e. The van der Waals surface area contributed by atoms with Gasteiger partial charge in [0.25, 0.3) is 5.91 Å². The Labute approximate surface area is 191 Å². The van der Waals surface area contributed by atoms with Crippen LogP contribution >= 0.6 is 11.8 Å². The summed E-state index contributed by atoms with van der Waals surface area (Å²) >= 11 is 0.960. The predicted molar refractivity (Wildman–Crippen MR) is 120 cm³/mol. The zero-order valence-corrected chi connectivity index (χ0v) is 18.0. The number of hydrogen-bond acceptors (Lipinski definition) is 7. The summed E-state index contributed by atoms with van der Waals surface area (Å²) in [6, 6.07) is 10.0. The molecule has 1 aliphatic heterocycles. The highest BCUT2D eigenvalue weighted by atomic mass is 32.2. The first-order valence-electron chi connectivity index (χ1n) is 9.57. The second-order valence-electron chi connectivity index (χ2n) is 6.75. The third-order valence-electron chi connectivity index (χ3n) is 4.41. The molecule has 4 N–H and O–H groups in total. The van der Waals surface area contributed by atoms with Crippen LogP contribution in [0.25, 0.3) is 6.08 Å². The van der Waals surface area contributed by atoms with E-state index in [1.165, 1.54) is 18.2 Å². The van der Waals surface area contributed by atoms with Crippen LogP contribution < -0.4 is 10.1 Å². The van der Waals surface area contributed by atoms with E-state index in [2.05, 4.69) is 10.3 Å². The first-order chi connectivity index (χ1) is 15.7. The van der Waals surface area contributed by atoms with Gasteiger partial charge in [-0.2, -0.15) is 0 Å². The van der Waals surface area contributed by atoms with Gasteiger partial charge >= 0.3 is 17.9 Å². The quantitative estimate of drug-likeness (QED) is 0.424. The molecular formula is C22H18N2O8S. The number of ether oxygens (including phenoxy) is 1. The molecule has 1 heterocycles. The lowest BCUT2D eigenvalue weighted by Gasteiger charge is -2.15. The van der Waals surface area contributed by atoms with Gasteiger partial charge in [-0.05, 0) is 48.5 Å². The van der Waals surface area contributed by atoms with E-state index in [1.54, 1.807) is 31.2 Å². The van der Waals surface area contributed by atoms with Gasteiger partial charge in [0.2, 0.25) is 0 Å². The van der Waals surface area contributed by atoms with E-state index in [1.807, 2.05) is 0 Å². The number of aromatic carboxylic acids is 2. The number of aliphatic imine (C=N–C) groups is 1. The van der Waals surface area contributed by atoms with Crippen molar-refractivity contribution in [3.8, 4) is 5.75 Å². The monoisotopic (exact) mass is 470 g/mol. The van der Waals surface area contributed by atoms with E-state index < -0.39 is 29.9 Å². The first kappa shape index (κ1) is 23.5. The Morgan fingerprint density at radius 3 is 2.30 bits per heavy atom. The van der Waals surface area contributed by atoms with Crippen LogP contribution in [-0.4, -0.2) is 50.4 Å². The summed E-state index contributed by atoms with van der Waals surface area (Å²) in [5.41, 5.74) is 0.0214. The number of aliphatic carboxylic acids is 1. The average Bonchev–Trinajstić information content (AvgIpc) is 3.10. The molecule has 0 aromatic heterocycles. The second kappa shape index (κ2) is 10.0. The number of carboxylic acid groups (broad SMARTS) is 3. The molecule has 0 bridgehead atoms. The van der Waals surface area contributed by atoms with Crippen molar-refractivity contribution in [3.05, 3.63) is 64.1 Å². The molecule has 1 atom stereocenters. The predicted octanol–water partition coefficient (Wildman–Crippen LogP) is 3.22. The number of carbonyl (C=O) groups excluding carboxylic acids is 1. The van der Waals surface area contributed by atoms with Gasteiger partial charge in [-0.3, -0.25) is 4.79 Å². The van der Waals surface area contributed by atoms with Crippen molar-refractivity contribution in [2.75, 3.05) is 0 Å². The molecule has 33 heavy (non-hydrogen) atoms. The van der Waals surface area contributed by atoms with Crippen molar-refractivity contribution in [1.29, 1.82) is 0 Å². The Kier molecular flexibility index (Phi) is 7.13. The van der Waals surface area contributed by atoms with E-state index >= 15 is 0 Å². The molecule has 1 aliphatic rings. The summed E-state index contributed by atoms with van der Waals surface area (Å²) in [4.78, 5) is 50.7. The van der Waals surface area contributed by atoms with E-state index in [0.717, 1.165) is 17.8 Å². The minimum absolute atomic E-state index is 0.0485. The van der Waals surface area contributed by atoms with Gasteiger partial charge in [-0.1, -0.05) is 25.1 Å². The van der Waals surface area contributed by atoms with E-state index in [-0.39, 0.29) is 33.3 Å². The molecule has 11 heteroatoms. The fourth-order valence-electron chi connectivity index (χ4n) is 2.83. The van der Waals surface area contributed by atoms with Gasteiger partial charge in [0.15, 0.2) is 11.3 Å². The maximum atomic E-state index is 12.4. The van der Waals surface area contributed by atoms with E-state index in [4.69, 9.17) is 4.74 Å². The maximum absolute atomic E-state index is 12.4. The Morgan fingerprint density at radius 2 is 1.73 bits per heavy atom. The highest BCUT2D eigenvalue weighted by Crippen LogP contribution is 2.31. The van der Waals surface area contributed by atoms with Gasteiger partial charge in [-0.25, -0.2) is 19.4 Å². The molecule has 10 nitrogen and oxygen atoms in total. The van der Waals surface area contributed by atoms with Crippen LogP contribution in [0.2, 0.25) is 0 Å². The van der Waals surface area contributed by atoms with Crippen LogP contribution in [0.4, 0.5) is 5.69 Å². The minimum atomic E-state index is -1.31. The maximum Gasteiger partial charge on any atom is 0.344 e. The Bertz CT molecular complexity index is 1170. The summed E-state index contributed by atoms with van der Waals surface area (Å²) in [5, 5.41) is 30.3. The summed E-state index contributed by atoms with van der Waals surface area (Å²) in [6.45, 7) is 1.68. The molecular weight excluding hydrogens is 452 g/mol. The lowest BCUT2D eigenvalue weighted by atomic mass is 10.1. The average molecular weight is 470 g/mol. The summed E-state index contributed by atoms with van der Waals surface area (Å²) < 4.78 is 5.57. The standard InChI is InChI=1S/C22H18N2O8S/c1-2-15(21(30)31)32-16-6-4-3-5-11(16)10-17-18(25)24-22(33-17)23-14-8-12(19(26)27)7-13(9-14)20(28)29/h3-10,15H,2H2,1H3,(H,26,27)(H,28,29)(H,30,31)(H,23,24,25)/b17-10-. The fraction of sp³-hybridized carbons (Fsp3) is 0.136. The van der Waals surface area contributed by atoms with E-state index in [0.29, 0.717) is 11.3 Å². The lowest BCUT2D eigenvalue weighted by Crippen LogP contribution is -2.26. The van der Waals surface area contributed by atoms with Crippen LogP contribution in [0.3, 0.4) is 0 Å². The van der Waals surface area contributed by atoms with Crippen LogP contribution in [0.15, 0.2) is 52.4 Å². The number of amides is 1. The van der Waals surface area contributed by atoms with Crippen molar-refractivity contribution in [3.63, 3.8) is 0 Å². The summed E-state index contributed by atoms with van der Waals surface area (Å²) in [5.74, 6) is -3.92. The second-order valence-corrected chi connectivity index (χ2v) is 7.78. The molecule has 2 aromatic rings. The number of carbonyl (C=O) groups is 4. The zero-order chi connectivity index (χ0) is 24.1.